The summed E-state index contributed by atoms with van der Waals surface area (Å²) in [5.74, 6) is -1.71. The Morgan fingerprint density at radius 1 is 1.27 bits per heavy atom. The molecule has 1 aromatic rings. The van der Waals surface area contributed by atoms with Crippen molar-refractivity contribution in [1.82, 2.24) is 19.8 Å². The standard InChI is InChI=1S/C12H13N5O8S/c18-8-2-1-6(3-9(8)19)4-13-16-26(24,25)15-11(21)17-5-7(10(17)20)14-12(22)23/h1-4,7,14,16,18-19H,5H2,(H,15,21)(H,22,23)/b13-4+/t7-/m0/s1. The third-order valence-corrected chi connectivity index (χ3v) is 3.87. The third-order valence-electron chi connectivity index (χ3n) is 3.08. The van der Waals surface area contributed by atoms with E-state index in [-0.39, 0.29) is 17.9 Å². The zero-order valence-electron chi connectivity index (χ0n) is 12.8. The van der Waals surface area contributed by atoms with E-state index in [4.69, 9.17) is 10.2 Å². The number of phenolic OH excluding ortho intramolecular Hbond substituents is 2. The zero-order chi connectivity index (χ0) is 19.5. The van der Waals surface area contributed by atoms with Crippen molar-refractivity contribution in [2.75, 3.05) is 6.54 Å². The summed E-state index contributed by atoms with van der Waals surface area (Å²) in [7, 11) is -4.44. The molecule has 140 valence electrons. The zero-order valence-corrected chi connectivity index (χ0v) is 13.6. The van der Waals surface area contributed by atoms with Crippen LogP contribution in [0.1, 0.15) is 5.56 Å². The lowest BCUT2D eigenvalue weighted by molar-refractivity contribution is -0.138. The number of hydrazone groups is 1. The van der Waals surface area contributed by atoms with Gasteiger partial charge in [-0.1, -0.05) is 0 Å². The minimum absolute atomic E-state index is 0.245. The SMILES string of the molecule is O=C(O)N[C@H]1CN(C(=O)NS(=O)(=O)N/N=C/c2ccc(O)c(O)c2)C1=O. The number of β-lactam (4-membered cyclic amide) rings is 1. The fraction of sp³-hybridized carbons (Fsp3) is 0.167. The van der Waals surface area contributed by atoms with Gasteiger partial charge in [0, 0.05) is 0 Å². The summed E-state index contributed by atoms with van der Waals surface area (Å²) in [6, 6.07) is 1.21. The van der Waals surface area contributed by atoms with Crippen LogP contribution in [0.15, 0.2) is 23.3 Å². The molecule has 14 heteroatoms. The largest absolute Gasteiger partial charge is 0.504 e. The Hall–Kier alpha value is -3.55. The van der Waals surface area contributed by atoms with Crippen molar-refractivity contribution in [1.29, 1.82) is 0 Å². The Bertz CT molecular complexity index is 884. The molecule has 0 saturated carbocycles. The lowest BCUT2D eigenvalue weighted by Gasteiger charge is -2.35. The van der Waals surface area contributed by atoms with Gasteiger partial charge in [-0.3, -0.25) is 9.69 Å². The van der Waals surface area contributed by atoms with Crippen LogP contribution < -0.4 is 14.9 Å². The molecule has 4 amide bonds. The van der Waals surface area contributed by atoms with Gasteiger partial charge in [-0.05, 0) is 23.8 Å². The second kappa shape index (κ2) is 7.14. The van der Waals surface area contributed by atoms with Gasteiger partial charge in [0.15, 0.2) is 11.5 Å². The Balaban J connectivity index is 1.89. The molecule has 0 radical (unpaired) electrons. The summed E-state index contributed by atoms with van der Waals surface area (Å²) in [6.45, 7) is -0.317. The fourth-order valence-electron chi connectivity index (χ4n) is 1.85. The van der Waals surface area contributed by atoms with Crippen LogP contribution in [0.25, 0.3) is 0 Å². The van der Waals surface area contributed by atoms with Crippen LogP contribution in [0.5, 0.6) is 11.5 Å². The van der Waals surface area contributed by atoms with E-state index in [0.29, 0.717) is 4.90 Å². The van der Waals surface area contributed by atoms with Crippen LogP contribution in [0, 0.1) is 0 Å². The van der Waals surface area contributed by atoms with Gasteiger partial charge in [-0.25, -0.2) is 14.3 Å². The maximum atomic E-state index is 11.7. The van der Waals surface area contributed by atoms with Crippen LogP contribution >= 0.6 is 0 Å². The highest BCUT2D eigenvalue weighted by Gasteiger charge is 2.42. The second-order valence-corrected chi connectivity index (χ2v) is 6.35. The van der Waals surface area contributed by atoms with E-state index >= 15 is 0 Å². The molecule has 2 rings (SSSR count). The maximum absolute atomic E-state index is 11.7. The molecule has 1 heterocycles. The average Bonchev–Trinajstić information content (AvgIpc) is 2.53. The van der Waals surface area contributed by atoms with Crippen molar-refractivity contribution in [3.63, 3.8) is 0 Å². The van der Waals surface area contributed by atoms with Crippen molar-refractivity contribution in [2.45, 2.75) is 6.04 Å². The molecule has 13 nitrogen and oxygen atoms in total. The van der Waals surface area contributed by atoms with E-state index in [9.17, 15) is 27.9 Å². The summed E-state index contributed by atoms with van der Waals surface area (Å²) >= 11 is 0. The molecular weight excluding hydrogens is 374 g/mol. The van der Waals surface area contributed by atoms with Gasteiger partial charge in [0.05, 0.1) is 12.8 Å². The molecule has 1 aromatic carbocycles. The Morgan fingerprint density at radius 2 is 1.96 bits per heavy atom. The highest BCUT2D eigenvalue weighted by molar-refractivity contribution is 7.88. The van der Waals surface area contributed by atoms with Crippen LogP contribution in [-0.2, 0) is 15.0 Å². The molecule has 0 aromatic heterocycles. The number of nitrogens with zero attached hydrogens (tertiary/aromatic N) is 2. The quantitative estimate of drug-likeness (QED) is 0.151. The Morgan fingerprint density at radius 3 is 2.54 bits per heavy atom. The van der Waals surface area contributed by atoms with Gasteiger partial charge in [0.2, 0.25) is 0 Å². The van der Waals surface area contributed by atoms with E-state index in [1.165, 1.54) is 10.8 Å². The number of imide groups is 1. The normalized spacial score (nSPS) is 16.8. The number of amides is 4. The first-order valence-electron chi connectivity index (χ1n) is 6.78. The Kier molecular flexibility index (Phi) is 5.16. The maximum Gasteiger partial charge on any atom is 0.405 e. The number of rotatable bonds is 5. The van der Waals surface area contributed by atoms with Gasteiger partial charge in [-0.15, -0.1) is 0 Å². The topological polar surface area (TPSA) is 198 Å². The lowest BCUT2D eigenvalue weighted by Crippen LogP contribution is -2.67. The minimum Gasteiger partial charge on any atom is -0.504 e. The molecule has 1 saturated heterocycles. The number of carboxylic acid groups (broad SMARTS) is 1. The highest BCUT2D eigenvalue weighted by Crippen LogP contribution is 2.23. The number of hydrogen-bond acceptors (Lipinski definition) is 8. The van der Waals surface area contributed by atoms with Crippen LogP contribution in [0.3, 0.4) is 0 Å². The Labute approximate surface area is 146 Å². The molecule has 26 heavy (non-hydrogen) atoms. The predicted molar refractivity (Wildman–Crippen MR) is 84.6 cm³/mol. The summed E-state index contributed by atoms with van der Waals surface area (Å²) in [5, 5.41) is 32.1. The van der Waals surface area contributed by atoms with E-state index in [1.807, 2.05) is 5.32 Å². The van der Waals surface area contributed by atoms with Gasteiger partial charge in [0.1, 0.15) is 6.04 Å². The first-order chi connectivity index (χ1) is 12.1. The van der Waals surface area contributed by atoms with Gasteiger partial charge in [0.25, 0.3) is 5.91 Å². The molecule has 1 atom stereocenters. The second-order valence-electron chi connectivity index (χ2n) is 4.96. The minimum atomic E-state index is -4.44. The number of carbonyl (C=O) groups excluding carboxylic acids is 2. The van der Waals surface area contributed by atoms with Gasteiger partial charge < -0.3 is 20.6 Å². The molecule has 0 bridgehead atoms. The summed E-state index contributed by atoms with van der Waals surface area (Å²) in [6.07, 6.45) is -0.461. The van der Waals surface area contributed by atoms with Crippen molar-refractivity contribution in [2.24, 2.45) is 5.10 Å². The predicted octanol–water partition coefficient (Wildman–Crippen LogP) is -1.55. The average molecular weight is 387 g/mol. The van der Waals surface area contributed by atoms with E-state index in [0.717, 1.165) is 18.3 Å². The third kappa shape index (κ3) is 4.50. The van der Waals surface area contributed by atoms with Gasteiger partial charge in [-0.2, -0.15) is 18.4 Å². The van der Waals surface area contributed by atoms with Crippen molar-refractivity contribution in [3.8, 4) is 11.5 Å². The highest BCUT2D eigenvalue weighted by atomic mass is 32.2. The summed E-state index contributed by atoms with van der Waals surface area (Å²) in [4.78, 5) is 35.8. The first-order valence-corrected chi connectivity index (χ1v) is 8.27. The number of urea groups is 1. The molecule has 0 aliphatic carbocycles. The number of phenols is 2. The van der Waals surface area contributed by atoms with Crippen LogP contribution in [0.4, 0.5) is 9.59 Å². The van der Waals surface area contributed by atoms with E-state index in [1.54, 1.807) is 4.83 Å². The molecular formula is C12H13N5O8S. The van der Waals surface area contributed by atoms with Crippen molar-refractivity contribution >= 4 is 34.5 Å². The van der Waals surface area contributed by atoms with Gasteiger partial charge >= 0.3 is 22.3 Å². The smallest absolute Gasteiger partial charge is 0.405 e. The molecule has 6 N–H and O–H groups in total. The van der Waals surface area contributed by atoms with Crippen molar-refractivity contribution in [3.05, 3.63) is 23.8 Å². The van der Waals surface area contributed by atoms with E-state index in [2.05, 4.69) is 5.10 Å². The fourth-order valence-corrected chi connectivity index (χ4v) is 2.43. The first kappa shape index (κ1) is 18.8. The molecule has 1 fully saturated rings. The van der Waals surface area contributed by atoms with E-state index < -0.39 is 40.0 Å². The molecule has 1 aliphatic rings. The monoisotopic (exact) mass is 387 g/mol. The number of likely N-dealkylation sites (tertiary alicyclic amines) is 1. The summed E-state index contributed by atoms with van der Waals surface area (Å²) in [5.41, 5.74) is 0.245. The summed E-state index contributed by atoms with van der Waals surface area (Å²) < 4.78 is 24.9. The number of nitrogens with one attached hydrogen (secondary N) is 3. The van der Waals surface area contributed by atoms with Crippen molar-refractivity contribution < 1.29 is 38.1 Å². The molecule has 0 spiro atoms. The number of hydrogen-bond donors (Lipinski definition) is 6. The lowest BCUT2D eigenvalue weighted by atomic mass is 10.1. The molecule has 0 unspecified atom stereocenters. The number of aromatic hydroxyl groups is 2. The van der Waals surface area contributed by atoms with Crippen LogP contribution in [0.2, 0.25) is 0 Å². The number of benzene rings is 1. The van der Waals surface area contributed by atoms with Crippen LogP contribution in [-0.4, -0.2) is 65.5 Å². The molecule has 1 aliphatic heterocycles. The number of carbonyl (C=O) groups is 3.